The molecular formula is C27H31N7O2. The summed E-state index contributed by atoms with van der Waals surface area (Å²) < 4.78 is 3.52. The van der Waals surface area contributed by atoms with E-state index in [9.17, 15) is 9.90 Å². The van der Waals surface area contributed by atoms with Gasteiger partial charge in [0.05, 0.1) is 5.69 Å². The Bertz CT molecular complexity index is 1490. The lowest BCUT2D eigenvalue weighted by Gasteiger charge is -2.26. The molecule has 0 bridgehead atoms. The molecule has 1 fully saturated rings. The first kappa shape index (κ1) is 22.9. The zero-order valence-corrected chi connectivity index (χ0v) is 20.7. The fraction of sp³-hybridized carbons (Fsp3) is 0.407. The van der Waals surface area contributed by atoms with Crippen molar-refractivity contribution in [1.82, 2.24) is 29.6 Å². The van der Waals surface area contributed by atoms with E-state index in [1.54, 1.807) is 35.5 Å². The summed E-state index contributed by atoms with van der Waals surface area (Å²) in [5, 5.41) is 17.7. The van der Waals surface area contributed by atoms with Crippen molar-refractivity contribution in [2.45, 2.75) is 58.2 Å². The fourth-order valence-corrected chi connectivity index (χ4v) is 4.98. The monoisotopic (exact) mass is 485 g/mol. The van der Waals surface area contributed by atoms with Gasteiger partial charge in [-0.3, -0.25) is 4.79 Å². The van der Waals surface area contributed by atoms with E-state index in [4.69, 9.17) is 9.97 Å². The molecule has 36 heavy (non-hydrogen) atoms. The van der Waals surface area contributed by atoms with Gasteiger partial charge in [-0.15, -0.1) is 0 Å². The molecule has 3 aromatic heterocycles. The lowest BCUT2D eigenvalue weighted by molar-refractivity contribution is 0.0737. The van der Waals surface area contributed by atoms with Gasteiger partial charge in [-0.2, -0.15) is 4.98 Å². The van der Waals surface area contributed by atoms with Crippen LogP contribution in [0.2, 0.25) is 0 Å². The van der Waals surface area contributed by atoms with Crippen molar-refractivity contribution in [3.8, 4) is 5.82 Å². The predicted octanol–water partition coefficient (Wildman–Crippen LogP) is 3.39. The van der Waals surface area contributed by atoms with Gasteiger partial charge in [-0.05, 0) is 81.0 Å². The standard InChI is InChI=1S/C27H31N7O2/c1-27(2,36)22-7-4-8-23(31-22)34-24-21(25(35)33(34)16-17-5-3-6-17)15-29-26(32-24)30-20-10-9-18-11-12-28-14-19(18)13-20/h4,7-10,13,15,17,28,36H,3,5-6,11-12,14,16H2,1-2H3,(H,29,30,32). The van der Waals surface area contributed by atoms with E-state index in [2.05, 4.69) is 27.8 Å². The summed E-state index contributed by atoms with van der Waals surface area (Å²) in [5.74, 6) is 1.42. The summed E-state index contributed by atoms with van der Waals surface area (Å²) in [6.07, 6.45) is 6.03. The van der Waals surface area contributed by atoms with Gasteiger partial charge in [0.15, 0.2) is 11.5 Å². The van der Waals surface area contributed by atoms with Gasteiger partial charge >= 0.3 is 0 Å². The Balaban J connectivity index is 1.45. The van der Waals surface area contributed by atoms with Crippen LogP contribution in [0.15, 0.2) is 47.4 Å². The Labute approximate surface area is 209 Å². The van der Waals surface area contributed by atoms with Crippen molar-refractivity contribution in [3.63, 3.8) is 0 Å². The van der Waals surface area contributed by atoms with Crippen LogP contribution in [-0.2, 0) is 25.1 Å². The zero-order valence-electron chi connectivity index (χ0n) is 20.7. The van der Waals surface area contributed by atoms with E-state index in [0.29, 0.717) is 41.0 Å². The molecule has 1 aliphatic heterocycles. The summed E-state index contributed by atoms with van der Waals surface area (Å²) >= 11 is 0. The third kappa shape index (κ3) is 4.18. The third-order valence-electron chi connectivity index (χ3n) is 7.26. The van der Waals surface area contributed by atoms with E-state index in [-0.39, 0.29) is 5.56 Å². The van der Waals surface area contributed by atoms with Crippen LogP contribution in [0.4, 0.5) is 11.6 Å². The maximum atomic E-state index is 13.5. The SMILES string of the molecule is CC(C)(O)c1cccc(-n2c3nc(Nc4ccc5c(c4)CNCC5)ncc3c(=O)n2CC2CCC2)n1. The summed E-state index contributed by atoms with van der Waals surface area (Å²) in [5.41, 5.74) is 3.32. The molecule has 1 aromatic carbocycles. The molecule has 0 atom stereocenters. The predicted molar refractivity (Wildman–Crippen MR) is 139 cm³/mol. The molecule has 2 aliphatic rings. The van der Waals surface area contributed by atoms with E-state index in [1.807, 2.05) is 18.2 Å². The molecule has 186 valence electrons. The summed E-state index contributed by atoms with van der Waals surface area (Å²) in [7, 11) is 0. The topological polar surface area (TPSA) is 110 Å². The minimum absolute atomic E-state index is 0.126. The first-order valence-electron chi connectivity index (χ1n) is 12.7. The van der Waals surface area contributed by atoms with Crippen molar-refractivity contribution < 1.29 is 5.11 Å². The molecular weight excluding hydrogens is 454 g/mol. The van der Waals surface area contributed by atoms with E-state index in [0.717, 1.165) is 38.0 Å². The second-order valence-electron chi connectivity index (χ2n) is 10.4. The number of hydrogen-bond acceptors (Lipinski definition) is 7. The van der Waals surface area contributed by atoms with E-state index < -0.39 is 5.60 Å². The first-order valence-corrected chi connectivity index (χ1v) is 12.7. The Morgan fingerprint density at radius 3 is 2.81 bits per heavy atom. The normalized spacial score (nSPS) is 16.1. The molecule has 4 heterocycles. The van der Waals surface area contributed by atoms with Gasteiger partial charge < -0.3 is 15.7 Å². The molecule has 9 heteroatoms. The van der Waals surface area contributed by atoms with Crippen molar-refractivity contribution in [2.75, 3.05) is 11.9 Å². The Morgan fingerprint density at radius 2 is 2.03 bits per heavy atom. The highest BCUT2D eigenvalue weighted by atomic mass is 16.3. The molecule has 1 aliphatic carbocycles. The highest BCUT2D eigenvalue weighted by Crippen LogP contribution is 2.29. The van der Waals surface area contributed by atoms with Crippen LogP contribution in [0, 0.1) is 5.92 Å². The third-order valence-corrected chi connectivity index (χ3v) is 7.26. The van der Waals surface area contributed by atoms with Crippen molar-refractivity contribution in [1.29, 1.82) is 0 Å². The summed E-state index contributed by atoms with van der Waals surface area (Å²) in [4.78, 5) is 27.4. The van der Waals surface area contributed by atoms with Crippen LogP contribution >= 0.6 is 0 Å². The Hall–Kier alpha value is -3.56. The number of aliphatic hydroxyl groups is 1. The van der Waals surface area contributed by atoms with Gasteiger partial charge in [0.2, 0.25) is 5.95 Å². The highest BCUT2D eigenvalue weighted by molar-refractivity contribution is 5.77. The maximum Gasteiger partial charge on any atom is 0.278 e. The van der Waals surface area contributed by atoms with Gasteiger partial charge in [0.1, 0.15) is 11.0 Å². The van der Waals surface area contributed by atoms with Crippen molar-refractivity contribution in [3.05, 3.63) is 69.8 Å². The number of fused-ring (bicyclic) bond motifs is 2. The van der Waals surface area contributed by atoms with Crippen LogP contribution < -0.4 is 16.2 Å². The minimum atomic E-state index is -1.11. The average molecular weight is 486 g/mol. The van der Waals surface area contributed by atoms with Crippen LogP contribution in [0.25, 0.3) is 16.9 Å². The van der Waals surface area contributed by atoms with Crippen LogP contribution in [0.3, 0.4) is 0 Å². The molecule has 6 rings (SSSR count). The Morgan fingerprint density at radius 1 is 1.17 bits per heavy atom. The van der Waals surface area contributed by atoms with Crippen LogP contribution in [0.5, 0.6) is 0 Å². The lowest BCUT2D eigenvalue weighted by atomic mass is 9.85. The zero-order chi connectivity index (χ0) is 24.9. The van der Waals surface area contributed by atoms with E-state index >= 15 is 0 Å². The number of anilines is 2. The largest absolute Gasteiger partial charge is 0.384 e. The van der Waals surface area contributed by atoms with Crippen LogP contribution in [0.1, 0.15) is 49.9 Å². The molecule has 0 unspecified atom stereocenters. The first-order chi connectivity index (χ1) is 17.4. The van der Waals surface area contributed by atoms with E-state index in [1.165, 1.54) is 17.5 Å². The molecule has 0 spiro atoms. The quantitative estimate of drug-likeness (QED) is 0.384. The number of rotatable bonds is 6. The molecule has 9 nitrogen and oxygen atoms in total. The number of hydrogen-bond donors (Lipinski definition) is 3. The summed E-state index contributed by atoms with van der Waals surface area (Å²) in [6.45, 7) is 5.85. The number of pyridine rings is 1. The molecule has 1 saturated carbocycles. The fourth-order valence-electron chi connectivity index (χ4n) is 4.98. The number of nitrogens with zero attached hydrogens (tertiary/aromatic N) is 5. The maximum absolute atomic E-state index is 13.5. The van der Waals surface area contributed by atoms with Gasteiger partial charge in [0, 0.05) is 25.0 Å². The molecule has 0 saturated heterocycles. The average Bonchev–Trinajstić information content (AvgIpc) is 3.11. The second-order valence-corrected chi connectivity index (χ2v) is 10.4. The van der Waals surface area contributed by atoms with Gasteiger partial charge in [-0.25, -0.2) is 19.3 Å². The van der Waals surface area contributed by atoms with Crippen LogP contribution in [-0.4, -0.2) is 36.0 Å². The van der Waals surface area contributed by atoms with Gasteiger partial charge in [-0.1, -0.05) is 18.6 Å². The smallest absolute Gasteiger partial charge is 0.278 e. The van der Waals surface area contributed by atoms with Crippen molar-refractivity contribution >= 4 is 22.7 Å². The molecule has 4 aromatic rings. The molecule has 0 radical (unpaired) electrons. The lowest BCUT2D eigenvalue weighted by Crippen LogP contribution is -2.29. The minimum Gasteiger partial charge on any atom is -0.384 e. The number of benzene rings is 1. The number of aromatic nitrogens is 5. The second kappa shape index (κ2) is 8.83. The number of nitrogens with one attached hydrogen (secondary N) is 2. The molecule has 0 amide bonds. The van der Waals surface area contributed by atoms with Crippen molar-refractivity contribution in [2.24, 2.45) is 5.92 Å². The molecule has 3 N–H and O–H groups in total. The Kier molecular flexibility index (Phi) is 5.61. The van der Waals surface area contributed by atoms with Gasteiger partial charge in [0.25, 0.3) is 5.56 Å². The highest BCUT2D eigenvalue weighted by Gasteiger charge is 2.25. The summed E-state index contributed by atoms with van der Waals surface area (Å²) in [6, 6.07) is 11.8.